The number of nitrogens with zero attached hydrogens (tertiary/aromatic N) is 3. The Morgan fingerprint density at radius 2 is 1.82 bits per heavy atom. The van der Waals surface area contributed by atoms with Gasteiger partial charge in [-0.25, -0.2) is 9.79 Å². The van der Waals surface area contributed by atoms with Gasteiger partial charge in [0, 0.05) is 18.8 Å². The number of likely N-dealkylation sites (N-methyl/N-ethyl adjacent to an activating group) is 1. The fraction of sp³-hybridized carbons (Fsp3) is 0.367. The number of thioether (sulfide) groups is 1. The number of carbonyl (C=O) groups is 2. The fourth-order valence-electron chi connectivity index (χ4n) is 4.46. The number of fused-ring (bicyclic) bond motifs is 1. The number of benzene rings is 2. The summed E-state index contributed by atoms with van der Waals surface area (Å²) in [5.41, 5.74) is 5.03. The Labute approximate surface area is 229 Å². The van der Waals surface area contributed by atoms with E-state index >= 15 is 0 Å². The molecule has 2 aliphatic heterocycles. The van der Waals surface area contributed by atoms with Crippen molar-refractivity contribution in [3.05, 3.63) is 93.7 Å². The average molecular weight is 533 g/mol. The van der Waals surface area contributed by atoms with Gasteiger partial charge >= 0.3 is 5.97 Å². The molecule has 4 rings (SSSR count). The highest BCUT2D eigenvalue weighted by Crippen LogP contribution is 2.45. The number of rotatable bonds is 10. The largest absolute Gasteiger partial charge is 0.457 e. The number of ether oxygens (including phenoxy) is 1. The van der Waals surface area contributed by atoms with E-state index in [2.05, 4.69) is 43.4 Å². The Hall–Kier alpha value is -3.36. The molecule has 2 heterocycles. The summed E-state index contributed by atoms with van der Waals surface area (Å²) in [6, 6.07) is 17.5. The molecule has 0 aromatic heterocycles. The number of carbonyl (C=O) groups excluding carboxylic acids is 2. The van der Waals surface area contributed by atoms with Gasteiger partial charge in [0.2, 0.25) is 5.91 Å². The predicted octanol–water partition coefficient (Wildman–Crippen LogP) is 5.20. The number of amidine groups is 1. The maximum Gasteiger partial charge on any atom is 0.338 e. The van der Waals surface area contributed by atoms with Crippen molar-refractivity contribution in [1.82, 2.24) is 15.1 Å². The SMILES string of the molecule is CC1=C(C(=O)OCc2ccccc2)[C@H](c2ccc(C(C)C)cc2)N2C(CC(=O)NCCN(C)C)=CSC2=N1. The fourth-order valence-corrected chi connectivity index (χ4v) is 5.42. The number of allylic oxidation sites excluding steroid dienone is 1. The van der Waals surface area contributed by atoms with Crippen molar-refractivity contribution in [1.29, 1.82) is 0 Å². The molecule has 0 saturated heterocycles. The van der Waals surface area contributed by atoms with Gasteiger partial charge in [0.15, 0.2) is 5.17 Å². The number of hydrogen-bond acceptors (Lipinski definition) is 7. The molecule has 8 heteroatoms. The third-order valence-corrected chi connectivity index (χ3v) is 7.46. The normalized spacial score (nSPS) is 16.9. The van der Waals surface area contributed by atoms with E-state index < -0.39 is 12.0 Å². The molecule has 0 unspecified atom stereocenters. The maximum atomic E-state index is 13.6. The van der Waals surface area contributed by atoms with E-state index in [1.807, 2.05) is 66.6 Å². The molecule has 2 aromatic rings. The van der Waals surface area contributed by atoms with Gasteiger partial charge in [-0.15, -0.1) is 0 Å². The third kappa shape index (κ3) is 6.55. The van der Waals surface area contributed by atoms with E-state index in [9.17, 15) is 9.59 Å². The van der Waals surface area contributed by atoms with E-state index in [1.54, 1.807) is 0 Å². The molecule has 7 nitrogen and oxygen atoms in total. The second kappa shape index (κ2) is 12.5. The molecule has 1 N–H and O–H groups in total. The van der Waals surface area contributed by atoms with Gasteiger partial charge in [-0.05, 0) is 49.0 Å². The topological polar surface area (TPSA) is 74.2 Å². The van der Waals surface area contributed by atoms with E-state index in [4.69, 9.17) is 9.73 Å². The first-order chi connectivity index (χ1) is 18.2. The highest BCUT2D eigenvalue weighted by atomic mass is 32.2. The van der Waals surface area contributed by atoms with Crippen LogP contribution in [0.1, 0.15) is 55.8 Å². The van der Waals surface area contributed by atoms with Crippen LogP contribution in [0.2, 0.25) is 0 Å². The molecule has 0 fully saturated rings. The van der Waals surface area contributed by atoms with Crippen LogP contribution in [0, 0.1) is 0 Å². The minimum absolute atomic E-state index is 0.0617. The summed E-state index contributed by atoms with van der Waals surface area (Å²) in [7, 11) is 3.95. The standard InChI is InChI=1S/C30H36N4O3S/c1-20(2)23-11-13-24(14-12-23)28-27(29(36)37-18-22-9-7-6-8-10-22)21(3)32-30-34(28)25(19-38-30)17-26(35)31-15-16-33(4)5/h6-14,19-20,28H,15-18H2,1-5H3,(H,31,35)/t28-/m0/s1. The number of aliphatic imine (C=N–C) groups is 1. The van der Waals surface area contributed by atoms with Crippen LogP contribution < -0.4 is 5.32 Å². The minimum Gasteiger partial charge on any atom is -0.457 e. The number of hydrogen-bond donors (Lipinski definition) is 1. The lowest BCUT2D eigenvalue weighted by atomic mass is 9.92. The van der Waals surface area contributed by atoms with Crippen LogP contribution in [-0.2, 0) is 20.9 Å². The zero-order chi connectivity index (χ0) is 27.2. The van der Waals surface area contributed by atoms with Crippen LogP contribution in [0.5, 0.6) is 0 Å². The molecule has 38 heavy (non-hydrogen) atoms. The van der Waals surface area contributed by atoms with E-state index in [0.717, 1.165) is 28.5 Å². The Balaban J connectivity index is 1.63. The lowest BCUT2D eigenvalue weighted by Gasteiger charge is -2.36. The number of amides is 1. The van der Waals surface area contributed by atoms with Crippen LogP contribution in [0.3, 0.4) is 0 Å². The van der Waals surface area contributed by atoms with E-state index in [-0.39, 0.29) is 18.9 Å². The van der Waals surface area contributed by atoms with Gasteiger partial charge in [-0.2, -0.15) is 0 Å². The molecule has 2 aromatic carbocycles. The number of nitrogens with one attached hydrogen (secondary N) is 1. The molecular formula is C30H36N4O3S. The summed E-state index contributed by atoms with van der Waals surface area (Å²) in [6.45, 7) is 7.68. The van der Waals surface area contributed by atoms with Crippen molar-refractivity contribution in [2.75, 3.05) is 27.2 Å². The predicted molar refractivity (Wildman–Crippen MR) is 153 cm³/mol. The zero-order valence-corrected chi connectivity index (χ0v) is 23.5. The van der Waals surface area contributed by atoms with Crippen molar-refractivity contribution in [3.8, 4) is 0 Å². The minimum atomic E-state index is -0.442. The molecule has 0 saturated carbocycles. The van der Waals surface area contributed by atoms with E-state index in [0.29, 0.717) is 23.7 Å². The molecule has 200 valence electrons. The zero-order valence-electron chi connectivity index (χ0n) is 22.7. The summed E-state index contributed by atoms with van der Waals surface area (Å²) in [5.74, 6) is -0.0733. The van der Waals surface area contributed by atoms with Gasteiger partial charge in [0.1, 0.15) is 6.61 Å². The van der Waals surface area contributed by atoms with Gasteiger partial charge in [0.05, 0.1) is 23.7 Å². The first-order valence-corrected chi connectivity index (χ1v) is 13.8. The van der Waals surface area contributed by atoms with Gasteiger partial charge in [0.25, 0.3) is 0 Å². The smallest absolute Gasteiger partial charge is 0.338 e. The van der Waals surface area contributed by atoms with Crippen molar-refractivity contribution in [2.45, 2.75) is 45.8 Å². The Bertz CT molecular complexity index is 1250. The molecule has 2 aliphatic rings. The summed E-state index contributed by atoms with van der Waals surface area (Å²) < 4.78 is 5.79. The highest BCUT2D eigenvalue weighted by molar-refractivity contribution is 8.16. The summed E-state index contributed by atoms with van der Waals surface area (Å²) in [6.07, 6.45) is 0.200. The second-order valence-electron chi connectivity index (χ2n) is 10.1. The summed E-state index contributed by atoms with van der Waals surface area (Å²) in [4.78, 5) is 35.2. The molecule has 1 atom stereocenters. The molecule has 0 radical (unpaired) electrons. The third-order valence-electron chi connectivity index (χ3n) is 6.58. The van der Waals surface area contributed by atoms with Crippen molar-refractivity contribution in [2.24, 2.45) is 4.99 Å². The van der Waals surface area contributed by atoms with Gasteiger partial charge in [-0.3, -0.25) is 4.79 Å². The molecule has 0 aliphatic carbocycles. The highest BCUT2D eigenvalue weighted by Gasteiger charge is 2.41. The second-order valence-corrected chi connectivity index (χ2v) is 10.9. The Morgan fingerprint density at radius 3 is 2.47 bits per heavy atom. The van der Waals surface area contributed by atoms with Crippen LogP contribution >= 0.6 is 11.8 Å². The molecule has 0 bridgehead atoms. The van der Waals surface area contributed by atoms with Gasteiger partial charge < -0.3 is 19.9 Å². The monoisotopic (exact) mass is 532 g/mol. The van der Waals surface area contributed by atoms with Crippen LogP contribution in [-0.4, -0.2) is 54.0 Å². The average Bonchev–Trinajstić information content (AvgIpc) is 3.28. The van der Waals surface area contributed by atoms with Gasteiger partial charge in [-0.1, -0.05) is 80.2 Å². The molecule has 0 spiro atoms. The molecule has 1 amide bonds. The lowest BCUT2D eigenvalue weighted by molar-refractivity contribution is -0.141. The Morgan fingerprint density at radius 1 is 1.11 bits per heavy atom. The molecular weight excluding hydrogens is 496 g/mol. The van der Waals surface area contributed by atoms with Crippen LogP contribution in [0.4, 0.5) is 0 Å². The van der Waals surface area contributed by atoms with E-state index in [1.165, 1.54) is 17.3 Å². The first-order valence-electron chi connectivity index (χ1n) is 12.9. The summed E-state index contributed by atoms with van der Waals surface area (Å²) in [5, 5.41) is 5.72. The lowest BCUT2D eigenvalue weighted by Crippen LogP contribution is -2.38. The maximum absolute atomic E-state index is 13.6. The summed E-state index contributed by atoms with van der Waals surface area (Å²) >= 11 is 1.48. The van der Waals surface area contributed by atoms with Crippen LogP contribution in [0.15, 0.2) is 82.0 Å². The van der Waals surface area contributed by atoms with Crippen molar-refractivity contribution >= 4 is 28.8 Å². The quantitative estimate of drug-likeness (QED) is 0.424. The number of esters is 1. The first kappa shape index (κ1) is 27.7. The van der Waals surface area contributed by atoms with Crippen molar-refractivity contribution in [3.63, 3.8) is 0 Å². The Kier molecular flexibility index (Phi) is 9.07. The van der Waals surface area contributed by atoms with Crippen molar-refractivity contribution < 1.29 is 14.3 Å². The van der Waals surface area contributed by atoms with Crippen LogP contribution in [0.25, 0.3) is 0 Å².